The van der Waals surface area contributed by atoms with Crippen LogP contribution in [-0.4, -0.2) is 29.4 Å². The van der Waals surface area contributed by atoms with Gasteiger partial charge in [0.2, 0.25) is 0 Å². The van der Waals surface area contributed by atoms with Crippen molar-refractivity contribution in [1.29, 1.82) is 0 Å². The first-order valence-electron chi connectivity index (χ1n) is 11.5. The fraction of sp³-hybridized carbons (Fsp3) is 1.00. The summed E-state index contributed by atoms with van der Waals surface area (Å²) in [6.45, 7) is 4.30. The van der Waals surface area contributed by atoms with Gasteiger partial charge in [0.05, 0.1) is 16.2 Å². The molecule has 0 aliphatic heterocycles. The minimum absolute atomic E-state index is 0. The zero-order valence-electron chi connectivity index (χ0n) is 19.0. The van der Waals surface area contributed by atoms with Crippen molar-refractivity contribution in [2.24, 2.45) is 0 Å². The SMILES string of the molecule is CCCCCCCCCCCCCCC(CCC(O)CCCC)S(=O)(=O)[O-].[K+]. The third-order valence-corrected chi connectivity index (χ3v) is 6.79. The van der Waals surface area contributed by atoms with Crippen molar-refractivity contribution in [2.75, 3.05) is 0 Å². The molecule has 0 aromatic heterocycles. The second-order valence-corrected chi connectivity index (χ2v) is 9.82. The molecule has 1 N–H and O–H groups in total. The molecule has 2 unspecified atom stereocenters. The normalized spacial score (nSPS) is 13.9. The van der Waals surface area contributed by atoms with Gasteiger partial charge in [-0.1, -0.05) is 104 Å². The summed E-state index contributed by atoms with van der Waals surface area (Å²) in [6.07, 6.45) is 18.1. The molecule has 0 saturated heterocycles. The van der Waals surface area contributed by atoms with Gasteiger partial charge in [-0.05, 0) is 25.7 Å². The van der Waals surface area contributed by atoms with E-state index in [1.165, 1.54) is 57.8 Å². The predicted molar refractivity (Wildman–Crippen MR) is 114 cm³/mol. The third-order valence-electron chi connectivity index (χ3n) is 5.50. The number of hydrogen-bond donors (Lipinski definition) is 1. The van der Waals surface area contributed by atoms with E-state index in [9.17, 15) is 18.1 Å². The molecule has 0 rings (SSSR count). The van der Waals surface area contributed by atoms with Crippen LogP contribution in [-0.2, 0) is 10.1 Å². The Morgan fingerprint density at radius 1 is 0.643 bits per heavy atom. The van der Waals surface area contributed by atoms with Gasteiger partial charge in [-0.25, -0.2) is 8.42 Å². The maximum absolute atomic E-state index is 11.5. The third kappa shape index (κ3) is 20.8. The van der Waals surface area contributed by atoms with Crippen molar-refractivity contribution in [1.82, 2.24) is 0 Å². The molecule has 2 atom stereocenters. The zero-order chi connectivity index (χ0) is 20.4. The average molecular weight is 445 g/mol. The molecule has 0 aromatic carbocycles. The van der Waals surface area contributed by atoms with Gasteiger partial charge in [0.25, 0.3) is 0 Å². The molecule has 0 aliphatic rings. The van der Waals surface area contributed by atoms with Crippen LogP contribution in [0.5, 0.6) is 0 Å². The second kappa shape index (κ2) is 21.7. The first kappa shape index (κ1) is 31.7. The summed E-state index contributed by atoms with van der Waals surface area (Å²) in [5.41, 5.74) is 0. The molecule has 28 heavy (non-hydrogen) atoms. The van der Waals surface area contributed by atoms with Crippen LogP contribution in [0.4, 0.5) is 0 Å². The Bertz CT molecular complexity index is 415. The molecule has 0 radical (unpaired) electrons. The minimum atomic E-state index is -4.26. The fourth-order valence-corrected chi connectivity index (χ4v) is 4.49. The molecule has 0 saturated carbocycles. The largest absolute Gasteiger partial charge is 1.00 e. The Morgan fingerprint density at radius 2 is 1.07 bits per heavy atom. The van der Waals surface area contributed by atoms with Crippen molar-refractivity contribution >= 4 is 10.1 Å². The molecule has 0 aliphatic carbocycles. The average Bonchev–Trinajstić information content (AvgIpc) is 2.62. The Labute approximate surface area is 218 Å². The fourth-order valence-electron chi connectivity index (χ4n) is 3.61. The van der Waals surface area contributed by atoms with Crippen LogP contribution in [0.2, 0.25) is 0 Å². The van der Waals surface area contributed by atoms with Crippen molar-refractivity contribution in [3.05, 3.63) is 0 Å². The van der Waals surface area contributed by atoms with Crippen molar-refractivity contribution in [2.45, 2.75) is 141 Å². The van der Waals surface area contributed by atoms with Gasteiger partial charge in [0.15, 0.2) is 0 Å². The number of hydrogen-bond acceptors (Lipinski definition) is 4. The summed E-state index contributed by atoms with van der Waals surface area (Å²) in [6, 6.07) is 0. The van der Waals surface area contributed by atoms with Crippen LogP contribution < -0.4 is 51.4 Å². The van der Waals surface area contributed by atoms with E-state index in [4.69, 9.17) is 0 Å². The molecule has 0 bridgehead atoms. The van der Waals surface area contributed by atoms with Crippen molar-refractivity contribution in [3.8, 4) is 0 Å². The summed E-state index contributed by atoms with van der Waals surface area (Å²) in [4.78, 5) is 0. The van der Waals surface area contributed by atoms with Crippen LogP contribution >= 0.6 is 0 Å². The molecule has 0 heterocycles. The Kier molecular flexibility index (Phi) is 24.6. The topological polar surface area (TPSA) is 77.4 Å². The molecule has 0 fully saturated rings. The maximum atomic E-state index is 11.5. The number of aliphatic hydroxyl groups excluding tert-OH is 1. The molecule has 164 valence electrons. The van der Waals surface area contributed by atoms with Gasteiger partial charge < -0.3 is 9.66 Å². The summed E-state index contributed by atoms with van der Waals surface area (Å²) in [7, 11) is -4.26. The van der Waals surface area contributed by atoms with E-state index in [0.29, 0.717) is 25.7 Å². The van der Waals surface area contributed by atoms with Crippen molar-refractivity contribution in [3.63, 3.8) is 0 Å². The predicted octanol–water partition coefficient (Wildman–Crippen LogP) is 3.33. The first-order valence-corrected chi connectivity index (χ1v) is 13.0. The first-order chi connectivity index (χ1) is 12.9. The summed E-state index contributed by atoms with van der Waals surface area (Å²) in [5, 5.41) is 9.05. The van der Waals surface area contributed by atoms with Gasteiger partial charge in [0, 0.05) is 5.25 Å². The Hall–Kier alpha value is 1.51. The van der Waals surface area contributed by atoms with Crippen LogP contribution in [0, 0.1) is 0 Å². The van der Waals surface area contributed by atoms with Crippen LogP contribution in [0.3, 0.4) is 0 Å². The van der Waals surface area contributed by atoms with E-state index in [1.807, 2.05) is 0 Å². The molecular weight excluding hydrogens is 399 g/mol. The maximum Gasteiger partial charge on any atom is 1.00 e. The number of aliphatic hydroxyl groups is 1. The molecule has 0 aromatic rings. The van der Waals surface area contributed by atoms with E-state index >= 15 is 0 Å². The Balaban J connectivity index is 0. The zero-order valence-corrected chi connectivity index (χ0v) is 22.9. The molecule has 4 nitrogen and oxygen atoms in total. The molecule has 0 amide bonds. The van der Waals surface area contributed by atoms with Crippen LogP contribution in [0.15, 0.2) is 0 Å². The van der Waals surface area contributed by atoms with Crippen LogP contribution in [0.25, 0.3) is 0 Å². The van der Waals surface area contributed by atoms with Gasteiger partial charge in [0.1, 0.15) is 0 Å². The minimum Gasteiger partial charge on any atom is -0.748 e. The smallest absolute Gasteiger partial charge is 0.748 e. The molecule has 6 heteroatoms. The standard InChI is InChI=1S/C22H46O4S.K/c1-3-5-7-8-9-10-11-12-13-14-15-16-18-22(27(24,25)26)20-19-21(23)17-6-4-2;/h21-23H,3-20H2,1-2H3,(H,24,25,26);/q;+1/p-1. The van der Waals surface area contributed by atoms with Gasteiger partial charge >= 0.3 is 51.4 Å². The second-order valence-electron chi connectivity index (χ2n) is 8.17. The summed E-state index contributed by atoms with van der Waals surface area (Å²) in [5.74, 6) is 0. The quantitative estimate of drug-likeness (QED) is 0.177. The monoisotopic (exact) mass is 444 g/mol. The van der Waals surface area contributed by atoms with E-state index < -0.39 is 21.5 Å². The van der Waals surface area contributed by atoms with Crippen molar-refractivity contribution < 1.29 is 69.5 Å². The van der Waals surface area contributed by atoms with E-state index in [1.54, 1.807) is 0 Å². The molecular formula is C22H45KO4S. The van der Waals surface area contributed by atoms with Crippen LogP contribution in [0.1, 0.15) is 129 Å². The Morgan fingerprint density at radius 3 is 1.50 bits per heavy atom. The summed E-state index contributed by atoms with van der Waals surface area (Å²) < 4.78 is 34.4. The number of rotatable bonds is 20. The van der Waals surface area contributed by atoms with E-state index in [2.05, 4.69) is 13.8 Å². The van der Waals surface area contributed by atoms with Gasteiger partial charge in [-0.15, -0.1) is 0 Å². The summed E-state index contributed by atoms with van der Waals surface area (Å²) >= 11 is 0. The van der Waals surface area contributed by atoms with E-state index in [-0.39, 0.29) is 51.4 Å². The number of unbranched alkanes of at least 4 members (excludes halogenated alkanes) is 12. The van der Waals surface area contributed by atoms with Gasteiger partial charge in [-0.2, -0.15) is 0 Å². The molecule has 0 spiro atoms. The van der Waals surface area contributed by atoms with Gasteiger partial charge in [-0.3, -0.25) is 0 Å². The van der Waals surface area contributed by atoms with E-state index in [0.717, 1.165) is 32.1 Å².